The number of amides is 2. The van der Waals surface area contributed by atoms with Crippen LogP contribution in [0.15, 0.2) is 125 Å². The summed E-state index contributed by atoms with van der Waals surface area (Å²) >= 11 is 0. The highest BCUT2D eigenvalue weighted by atomic mass is 28.4. The van der Waals surface area contributed by atoms with E-state index in [2.05, 4.69) is 31.7 Å². The van der Waals surface area contributed by atoms with Crippen molar-refractivity contribution < 1.29 is 37.5 Å². The van der Waals surface area contributed by atoms with Crippen LogP contribution in [0.4, 0.5) is 22.7 Å². The first-order chi connectivity index (χ1) is 28.8. The molecular weight excluding hydrogens is 769 g/mol. The van der Waals surface area contributed by atoms with Gasteiger partial charge in [0.15, 0.2) is 5.75 Å². The highest BCUT2D eigenvalue weighted by Gasteiger charge is 2.36. The first-order valence-corrected chi connectivity index (χ1v) is 21.0. The van der Waals surface area contributed by atoms with Crippen LogP contribution in [0.5, 0.6) is 11.5 Å². The Morgan fingerprint density at radius 1 is 0.712 bits per heavy atom. The molecule has 0 bridgehead atoms. The van der Waals surface area contributed by atoms with Crippen LogP contribution < -0.4 is 26.2 Å². The van der Waals surface area contributed by atoms with E-state index in [1.807, 2.05) is 72.8 Å². The molecule has 2 amide bonds. The van der Waals surface area contributed by atoms with Crippen molar-refractivity contribution in [3.8, 4) is 11.5 Å². The van der Waals surface area contributed by atoms with Crippen molar-refractivity contribution in [2.45, 2.75) is 19.1 Å². The maximum absolute atomic E-state index is 14.0. The number of carbonyl (C=O) groups excluding carboxylic acids is 2. The fourth-order valence-electron chi connectivity index (χ4n) is 6.51. The van der Waals surface area contributed by atoms with Crippen LogP contribution in [0.25, 0.3) is 21.5 Å². The average Bonchev–Trinajstić information content (AvgIpc) is 3.27. The fourth-order valence-corrected chi connectivity index (χ4v) is 8.23. The maximum atomic E-state index is 14.0. The standard InChI is InChI=1S/C44H48N6O8Si/c1-54-40-21-18-30(29-58-50-34-14-6-5-7-15-34)26-39(40)48-49-41-36-20-19-32(43(52)46-24-23-45-22-11-25-59(55-2,56-3)57-4)27-33(36)28-37(42(41)51)44(53)47-38-17-10-13-31-12-8-9-16-35(31)38/h5-10,12-21,26-28,45,50-51H,11,22-25,29H2,1-4H3,(H,46,52)(H,47,53). The molecule has 306 valence electrons. The molecule has 14 nitrogen and oxygen atoms in total. The zero-order valence-electron chi connectivity index (χ0n) is 33.4. The topological polar surface area (TPSA) is 173 Å². The molecular formula is C44H48N6O8Si. The van der Waals surface area contributed by atoms with Crippen LogP contribution in [-0.2, 0) is 24.7 Å². The van der Waals surface area contributed by atoms with Gasteiger partial charge in [0, 0.05) is 62.5 Å². The highest BCUT2D eigenvalue weighted by Crippen LogP contribution is 2.41. The number of phenols is 1. The van der Waals surface area contributed by atoms with E-state index in [-0.39, 0.29) is 29.5 Å². The van der Waals surface area contributed by atoms with Gasteiger partial charge in [0.05, 0.1) is 25.0 Å². The second-order valence-corrected chi connectivity index (χ2v) is 16.5. The third kappa shape index (κ3) is 10.7. The number of hydrogen-bond acceptors (Lipinski definition) is 12. The van der Waals surface area contributed by atoms with Gasteiger partial charge in [0.25, 0.3) is 11.8 Å². The van der Waals surface area contributed by atoms with Crippen LogP contribution in [0, 0.1) is 0 Å². The quantitative estimate of drug-likeness (QED) is 0.0218. The minimum absolute atomic E-state index is 0.0404. The molecule has 0 atom stereocenters. The Hall–Kier alpha value is -6.20. The third-order valence-corrected chi connectivity index (χ3v) is 12.5. The summed E-state index contributed by atoms with van der Waals surface area (Å²) in [7, 11) is 3.65. The molecule has 6 aromatic carbocycles. The van der Waals surface area contributed by atoms with Gasteiger partial charge < -0.3 is 39.1 Å². The Balaban J connectivity index is 1.25. The summed E-state index contributed by atoms with van der Waals surface area (Å²) in [5.74, 6) is -0.816. The zero-order valence-corrected chi connectivity index (χ0v) is 34.4. The number of aromatic hydroxyl groups is 1. The molecule has 5 N–H and O–H groups in total. The molecule has 6 aromatic rings. The lowest BCUT2D eigenvalue weighted by molar-refractivity contribution is 0.0953. The van der Waals surface area contributed by atoms with Gasteiger partial charge in [-0.15, -0.1) is 10.2 Å². The van der Waals surface area contributed by atoms with E-state index >= 15 is 0 Å². The maximum Gasteiger partial charge on any atom is 0.500 e. The summed E-state index contributed by atoms with van der Waals surface area (Å²) in [5, 5.41) is 32.7. The van der Waals surface area contributed by atoms with Gasteiger partial charge >= 0.3 is 8.80 Å². The number of rotatable bonds is 20. The minimum Gasteiger partial charge on any atom is -0.505 e. The molecule has 0 spiro atoms. The number of ether oxygens (including phenoxy) is 1. The van der Waals surface area contributed by atoms with E-state index in [1.165, 1.54) is 7.11 Å². The smallest absolute Gasteiger partial charge is 0.500 e. The highest BCUT2D eigenvalue weighted by molar-refractivity contribution is 6.60. The second-order valence-electron chi connectivity index (χ2n) is 13.4. The Kier molecular flexibility index (Phi) is 14.7. The summed E-state index contributed by atoms with van der Waals surface area (Å²) in [6, 6.07) is 35.3. The molecule has 0 fully saturated rings. The number of methoxy groups -OCH3 is 1. The largest absolute Gasteiger partial charge is 0.505 e. The van der Waals surface area contributed by atoms with Crippen molar-refractivity contribution in [1.82, 2.24) is 10.6 Å². The lowest BCUT2D eigenvalue weighted by atomic mass is 10.00. The van der Waals surface area contributed by atoms with Crippen molar-refractivity contribution >= 4 is 64.9 Å². The Morgan fingerprint density at radius 3 is 2.25 bits per heavy atom. The van der Waals surface area contributed by atoms with Crippen molar-refractivity contribution in [1.29, 1.82) is 0 Å². The molecule has 0 aliphatic carbocycles. The molecule has 0 aromatic heterocycles. The molecule has 59 heavy (non-hydrogen) atoms. The van der Waals surface area contributed by atoms with Gasteiger partial charge in [0.1, 0.15) is 17.1 Å². The van der Waals surface area contributed by atoms with Gasteiger partial charge in [-0.3, -0.25) is 19.9 Å². The molecule has 0 aliphatic heterocycles. The summed E-state index contributed by atoms with van der Waals surface area (Å²) in [6.45, 7) is 1.81. The number of fused-ring (bicyclic) bond motifs is 2. The summed E-state index contributed by atoms with van der Waals surface area (Å²) in [5.41, 5.74) is 5.79. The Morgan fingerprint density at radius 2 is 1.47 bits per heavy atom. The van der Waals surface area contributed by atoms with Crippen molar-refractivity contribution in [2.75, 3.05) is 58.9 Å². The third-order valence-electron chi connectivity index (χ3n) is 9.69. The molecule has 0 heterocycles. The second kappa shape index (κ2) is 20.5. The molecule has 0 unspecified atom stereocenters. The van der Waals surface area contributed by atoms with Crippen LogP contribution in [0.1, 0.15) is 32.7 Å². The number of anilines is 2. The number of phenolic OH excluding ortho intramolecular Hbond substituents is 1. The van der Waals surface area contributed by atoms with Crippen molar-refractivity contribution in [3.05, 3.63) is 132 Å². The molecule has 6 rings (SSSR count). The predicted molar refractivity (Wildman–Crippen MR) is 231 cm³/mol. The van der Waals surface area contributed by atoms with Gasteiger partial charge in [0.2, 0.25) is 0 Å². The normalized spacial score (nSPS) is 11.6. The Labute approximate surface area is 343 Å². The van der Waals surface area contributed by atoms with Gasteiger partial charge in [-0.1, -0.05) is 66.7 Å². The molecule has 0 radical (unpaired) electrons. The molecule has 0 aliphatic rings. The number of nitrogens with one attached hydrogen (secondary N) is 4. The monoisotopic (exact) mass is 816 g/mol. The van der Waals surface area contributed by atoms with Crippen molar-refractivity contribution in [2.24, 2.45) is 10.2 Å². The summed E-state index contributed by atoms with van der Waals surface area (Å²) in [6.07, 6.45) is 0.780. The van der Waals surface area contributed by atoms with E-state index < -0.39 is 14.7 Å². The lowest BCUT2D eigenvalue weighted by Crippen LogP contribution is -2.43. The van der Waals surface area contributed by atoms with E-state index in [0.717, 1.165) is 28.4 Å². The molecule has 0 saturated carbocycles. The number of azo groups is 1. The average molecular weight is 817 g/mol. The number of benzene rings is 6. The van der Waals surface area contributed by atoms with Gasteiger partial charge in [-0.25, -0.2) is 0 Å². The van der Waals surface area contributed by atoms with Crippen LogP contribution in [0.2, 0.25) is 6.04 Å². The van der Waals surface area contributed by atoms with Crippen LogP contribution in [0.3, 0.4) is 0 Å². The van der Waals surface area contributed by atoms with Crippen LogP contribution in [-0.4, -0.2) is 73.8 Å². The number of para-hydroxylation sites is 1. The van der Waals surface area contributed by atoms with Gasteiger partial charge in [-0.05, 0) is 77.8 Å². The summed E-state index contributed by atoms with van der Waals surface area (Å²) < 4.78 is 22.0. The lowest BCUT2D eigenvalue weighted by Gasteiger charge is -2.24. The van der Waals surface area contributed by atoms with E-state index in [9.17, 15) is 14.7 Å². The number of hydrogen-bond donors (Lipinski definition) is 5. The molecule has 0 saturated heterocycles. The first kappa shape index (κ1) is 42.4. The zero-order chi connectivity index (χ0) is 41.6. The van der Waals surface area contributed by atoms with Crippen molar-refractivity contribution in [3.63, 3.8) is 0 Å². The number of carbonyl (C=O) groups is 2. The minimum atomic E-state index is -2.64. The SMILES string of the molecule is COc1ccc(CONc2ccccc2)cc1N=Nc1c(O)c(C(=O)Nc2cccc3ccccc23)cc2cc(C(=O)NCCNCCC[Si](OC)(OC)OC)ccc12. The molecule has 15 heteroatoms. The van der Waals surface area contributed by atoms with E-state index in [1.54, 1.807) is 63.8 Å². The van der Waals surface area contributed by atoms with E-state index in [4.69, 9.17) is 22.9 Å². The van der Waals surface area contributed by atoms with E-state index in [0.29, 0.717) is 59.1 Å². The number of nitrogens with zero attached hydrogens (tertiary/aromatic N) is 2. The van der Waals surface area contributed by atoms with Gasteiger partial charge in [-0.2, -0.15) is 0 Å². The fraction of sp³-hybridized carbons (Fsp3) is 0.227. The first-order valence-electron chi connectivity index (χ1n) is 19.0. The van der Waals surface area contributed by atoms with Crippen LogP contribution >= 0.6 is 0 Å². The summed E-state index contributed by atoms with van der Waals surface area (Å²) in [4.78, 5) is 33.0. The Bertz CT molecular complexity index is 2400. The predicted octanol–water partition coefficient (Wildman–Crippen LogP) is 8.51.